The number of fused-ring (bicyclic) bond motifs is 1. The average molecular weight is 709 g/mol. The van der Waals surface area contributed by atoms with Crippen molar-refractivity contribution in [3.8, 4) is 0 Å². The molecule has 4 rings (SSSR count). The Bertz CT molecular complexity index is 1450. The fourth-order valence-corrected chi connectivity index (χ4v) is 7.69. The van der Waals surface area contributed by atoms with E-state index in [2.05, 4.69) is 57.0 Å². The standard InChI is InChI=1S/C37H56N8O6/c1-8-13-25(30(46)33(49)40-16-9-2)42-32(48)29-27-24(37(27,6)7)20-45(29)34(50)28(22-14-11-10-12-15-22)44-35(51)43-26(36(3,4)5)19-41-31(47)23-17-38-21-39-18-23/h9,17-18,21-22,24-29H,2,8,10-16,19-20H2,1,3-7H3,(H,40,49)(H,41,47)(H,42,48)(H2,43,44,51)/t24-,25?,26+,27-,28-,29-/m0/s1. The Hall–Kier alpha value is -4.36. The Kier molecular flexibility index (Phi) is 13.0. The number of ketones is 1. The van der Waals surface area contributed by atoms with Gasteiger partial charge >= 0.3 is 6.03 Å². The predicted molar refractivity (Wildman–Crippen MR) is 191 cm³/mol. The van der Waals surface area contributed by atoms with E-state index in [-0.39, 0.29) is 54.5 Å². The van der Waals surface area contributed by atoms with Crippen LogP contribution in [0.25, 0.3) is 0 Å². The van der Waals surface area contributed by atoms with Crippen LogP contribution < -0.4 is 26.6 Å². The summed E-state index contributed by atoms with van der Waals surface area (Å²) in [5.41, 5.74) is -0.349. The lowest BCUT2D eigenvalue weighted by Crippen LogP contribution is -2.61. The van der Waals surface area contributed by atoms with Crippen LogP contribution in [0, 0.1) is 28.6 Å². The van der Waals surface area contributed by atoms with E-state index < -0.39 is 53.2 Å². The second-order valence-corrected chi connectivity index (χ2v) is 15.9. The van der Waals surface area contributed by atoms with Gasteiger partial charge in [0.05, 0.1) is 17.6 Å². The third-order valence-electron chi connectivity index (χ3n) is 10.9. The van der Waals surface area contributed by atoms with Gasteiger partial charge in [-0.25, -0.2) is 14.8 Å². The highest BCUT2D eigenvalue weighted by atomic mass is 16.2. The predicted octanol–water partition coefficient (Wildman–Crippen LogP) is 2.51. The summed E-state index contributed by atoms with van der Waals surface area (Å²) in [7, 11) is 0. The normalized spacial score (nSPS) is 22.7. The molecule has 1 aromatic heterocycles. The summed E-state index contributed by atoms with van der Waals surface area (Å²) in [6.45, 7) is 16.0. The van der Waals surface area contributed by atoms with E-state index >= 15 is 0 Å². The zero-order chi connectivity index (χ0) is 37.5. The first-order chi connectivity index (χ1) is 24.1. The number of Topliss-reactive ketones (excluding diaryl/α,β-unsaturated/α-hetero) is 1. The first kappa shape index (κ1) is 39.4. The van der Waals surface area contributed by atoms with Crippen molar-refractivity contribution < 1.29 is 28.8 Å². The lowest BCUT2D eigenvalue weighted by Gasteiger charge is -2.38. The van der Waals surface area contributed by atoms with E-state index in [0.29, 0.717) is 18.5 Å². The van der Waals surface area contributed by atoms with Gasteiger partial charge in [-0.05, 0) is 47.8 Å². The molecule has 1 aliphatic heterocycles. The molecule has 1 unspecified atom stereocenters. The summed E-state index contributed by atoms with van der Waals surface area (Å²) >= 11 is 0. The van der Waals surface area contributed by atoms with Crippen molar-refractivity contribution in [2.75, 3.05) is 19.6 Å². The molecule has 0 spiro atoms. The van der Waals surface area contributed by atoms with Crippen LogP contribution in [0.15, 0.2) is 31.4 Å². The molecule has 14 heteroatoms. The van der Waals surface area contributed by atoms with Crippen LogP contribution in [-0.2, 0) is 19.2 Å². The molecule has 51 heavy (non-hydrogen) atoms. The Morgan fingerprint density at radius 1 is 1.00 bits per heavy atom. The lowest BCUT2D eigenvalue weighted by atomic mass is 9.83. The van der Waals surface area contributed by atoms with E-state index in [4.69, 9.17) is 0 Å². The third-order valence-corrected chi connectivity index (χ3v) is 10.9. The minimum absolute atomic E-state index is 0.0816. The van der Waals surface area contributed by atoms with Crippen molar-refractivity contribution in [3.05, 3.63) is 36.9 Å². The Labute approximate surface area is 301 Å². The molecule has 6 amide bonds. The number of amides is 6. The highest BCUT2D eigenvalue weighted by Crippen LogP contribution is 2.65. The first-order valence-electron chi connectivity index (χ1n) is 18.3. The molecule has 2 heterocycles. The molecule has 14 nitrogen and oxygen atoms in total. The molecule has 1 aromatic rings. The molecule has 0 radical (unpaired) electrons. The number of urea groups is 1. The second kappa shape index (κ2) is 16.8. The molecule has 6 atom stereocenters. The molecule has 2 aliphatic carbocycles. The molecule has 1 saturated heterocycles. The maximum Gasteiger partial charge on any atom is 0.315 e. The van der Waals surface area contributed by atoms with Gasteiger partial charge in [0.1, 0.15) is 18.4 Å². The van der Waals surface area contributed by atoms with Gasteiger partial charge in [-0.2, -0.15) is 0 Å². The van der Waals surface area contributed by atoms with Gasteiger partial charge in [-0.3, -0.25) is 24.0 Å². The molecule has 0 aromatic carbocycles. The molecule has 280 valence electrons. The van der Waals surface area contributed by atoms with Gasteiger partial charge in [0.15, 0.2) is 0 Å². The summed E-state index contributed by atoms with van der Waals surface area (Å²) in [4.78, 5) is 90.0. The summed E-state index contributed by atoms with van der Waals surface area (Å²) in [5, 5.41) is 14.1. The monoisotopic (exact) mass is 708 g/mol. The average Bonchev–Trinajstić information content (AvgIpc) is 3.40. The van der Waals surface area contributed by atoms with Crippen LogP contribution in [0.4, 0.5) is 4.79 Å². The Balaban J connectivity index is 1.52. The number of nitrogens with zero attached hydrogens (tertiary/aromatic N) is 3. The molecular weight excluding hydrogens is 652 g/mol. The topological polar surface area (TPSA) is 192 Å². The van der Waals surface area contributed by atoms with E-state index in [1.54, 1.807) is 4.90 Å². The van der Waals surface area contributed by atoms with Crippen LogP contribution in [0.2, 0.25) is 0 Å². The van der Waals surface area contributed by atoms with Crippen molar-refractivity contribution in [3.63, 3.8) is 0 Å². The number of aromatic nitrogens is 2. The van der Waals surface area contributed by atoms with Gasteiger partial charge in [0.2, 0.25) is 17.6 Å². The maximum absolute atomic E-state index is 14.6. The van der Waals surface area contributed by atoms with Crippen LogP contribution >= 0.6 is 0 Å². The van der Waals surface area contributed by atoms with Gasteiger partial charge in [-0.15, -0.1) is 6.58 Å². The highest BCUT2D eigenvalue weighted by Gasteiger charge is 2.69. The van der Waals surface area contributed by atoms with Gasteiger partial charge < -0.3 is 31.5 Å². The summed E-state index contributed by atoms with van der Waals surface area (Å²) in [6, 6.07) is -3.80. The fraction of sp³-hybridized carbons (Fsp3) is 0.676. The zero-order valence-electron chi connectivity index (χ0n) is 30.9. The number of hydrogen-bond donors (Lipinski definition) is 5. The van der Waals surface area contributed by atoms with E-state index in [1.165, 1.54) is 24.8 Å². The fourth-order valence-electron chi connectivity index (χ4n) is 7.69. The summed E-state index contributed by atoms with van der Waals surface area (Å²) in [6.07, 6.45) is 10.9. The number of carbonyl (C=O) groups excluding carboxylic acids is 6. The largest absolute Gasteiger partial charge is 0.350 e. The quantitative estimate of drug-likeness (QED) is 0.136. The number of hydrogen-bond acceptors (Lipinski definition) is 8. The smallest absolute Gasteiger partial charge is 0.315 e. The van der Waals surface area contributed by atoms with Crippen molar-refractivity contribution in [1.82, 2.24) is 41.5 Å². The van der Waals surface area contributed by atoms with Crippen LogP contribution in [0.1, 0.15) is 96.8 Å². The molecule has 3 aliphatic rings. The molecule has 5 N–H and O–H groups in total. The van der Waals surface area contributed by atoms with E-state index in [0.717, 1.165) is 32.1 Å². The Morgan fingerprint density at radius 3 is 2.27 bits per heavy atom. The van der Waals surface area contributed by atoms with Gasteiger partial charge in [0.25, 0.3) is 11.8 Å². The van der Waals surface area contributed by atoms with Crippen molar-refractivity contribution >= 4 is 35.4 Å². The van der Waals surface area contributed by atoms with Gasteiger partial charge in [0, 0.05) is 32.0 Å². The van der Waals surface area contributed by atoms with Crippen molar-refractivity contribution in [1.29, 1.82) is 0 Å². The van der Waals surface area contributed by atoms with Crippen LogP contribution in [0.3, 0.4) is 0 Å². The van der Waals surface area contributed by atoms with Crippen molar-refractivity contribution in [2.24, 2.45) is 28.6 Å². The minimum atomic E-state index is -1.03. The number of rotatable bonds is 15. The first-order valence-corrected chi connectivity index (χ1v) is 18.3. The van der Waals surface area contributed by atoms with Crippen LogP contribution in [0.5, 0.6) is 0 Å². The number of nitrogens with one attached hydrogen (secondary N) is 5. The second-order valence-electron chi connectivity index (χ2n) is 15.9. The molecule has 2 saturated carbocycles. The number of piperidine rings is 1. The van der Waals surface area contributed by atoms with Gasteiger partial charge in [-0.1, -0.05) is 73.3 Å². The van der Waals surface area contributed by atoms with E-state index in [1.807, 2.05) is 27.7 Å². The minimum Gasteiger partial charge on any atom is -0.350 e. The number of carbonyl (C=O) groups is 6. The molecular formula is C37H56N8O6. The van der Waals surface area contributed by atoms with E-state index in [9.17, 15) is 28.8 Å². The number of likely N-dealkylation sites (tertiary alicyclic amines) is 1. The Morgan fingerprint density at radius 2 is 1.67 bits per heavy atom. The van der Waals surface area contributed by atoms with Crippen LogP contribution in [-0.4, -0.2) is 94.1 Å². The summed E-state index contributed by atoms with van der Waals surface area (Å²) < 4.78 is 0. The molecule has 3 fully saturated rings. The highest BCUT2D eigenvalue weighted by molar-refractivity contribution is 6.38. The SMILES string of the molecule is C=CCNC(=O)C(=O)C(CCC)NC(=O)[C@@H]1[C@@H]2[C@H](CN1C(=O)[C@@H](NC(=O)N[C@H](CNC(=O)c1cncnc1)C(C)(C)C)C1CCCCC1)C2(C)C. The third kappa shape index (κ3) is 9.50. The zero-order valence-corrected chi connectivity index (χ0v) is 30.9. The van der Waals surface area contributed by atoms with Crippen molar-refractivity contribution in [2.45, 2.75) is 111 Å². The molecule has 0 bridgehead atoms. The maximum atomic E-state index is 14.6. The summed E-state index contributed by atoms with van der Waals surface area (Å²) in [5.74, 6) is -2.88. The lowest BCUT2D eigenvalue weighted by molar-refractivity contribution is -0.144.